The Balaban J connectivity index is 2.39. The largest absolute Gasteiger partial charge is 0.373 e. The van der Waals surface area contributed by atoms with Crippen LogP contribution in [0.1, 0.15) is 44.4 Å². The van der Waals surface area contributed by atoms with E-state index < -0.39 is 14.9 Å². The standard InChI is InChI=1S/C19H25N3O4S/c1-5-17(15-8-6-14(4)7-9-15)20-18-11-10-16(12-19(18)22(23)24)27(25,26)21-13(2)3/h6-13,17,20-21H,5H2,1-4H3/t17-/m1/s1. The van der Waals surface area contributed by atoms with E-state index in [-0.39, 0.29) is 28.4 Å². The van der Waals surface area contributed by atoms with Gasteiger partial charge in [-0.25, -0.2) is 13.1 Å². The predicted octanol–water partition coefficient (Wildman–Crippen LogP) is 4.15. The van der Waals surface area contributed by atoms with Crippen LogP contribution in [-0.2, 0) is 10.0 Å². The van der Waals surface area contributed by atoms with Gasteiger partial charge in [0.2, 0.25) is 10.0 Å². The van der Waals surface area contributed by atoms with Gasteiger partial charge in [-0.2, -0.15) is 0 Å². The molecule has 8 heteroatoms. The van der Waals surface area contributed by atoms with E-state index in [0.29, 0.717) is 0 Å². The van der Waals surface area contributed by atoms with Crippen molar-refractivity contribution in [3.8, 4) is 0 Å². The highest BCUT2D eigenvalue weighted by Crippen LogP contribution is 2.32. The van der Waals surface area contributed by atoms with E-state index >= 15 is 0 Å². The van der Waals surface area contributed by atoms with Gasteiger partial charge >= 0.3 is 0 Å². The lowest BCUT2D eigenvalue weighted by molar-refractivity contribution is -0.384. The molecule has 2 N–H and O–H groups in total. The molecule has 0 aliphatic carbocycles. The SMILES string of the molecule is CC[C@@H](Nc1ccc(S(=O)(=O)NC(C)C)cc1[N+](=O)[O-])c1ccc(C)cc1. The van der Waals surface area contributed by atoms with Crippen molar-refractivity contribution < 1.29 is 13.3 Å². The number of nitro groups is 1. The average molecular weight is 391 g/mol. The van der Waals surface area contributed by atoms with Gasteiger partial charge in [0.1, 0.15) is 5.69 Å². The molecule has 0 fully saturated rings. The van der Waals surface area contributed by atoms with Gasteiger partial charge in [0.05, 0.1) is 15.9 Å². The molecule has 7 nitrogen and oxygen atoms in total. The lowest BCUT2D eigenvalue weighted by atomic mass is 10.0. The van der Waals surface area contributed by atoms with Gasteiger partial charge < -0.3 is 5.32 Å². The van der Waals surface area contributed by atoms with Gasteiger partial charge in [0.15, 0.2) is 0 Å². The van der Waals surface area contributed by atoms with Crippen molar-refractivity contribution in [3.63, 3.8) is 0 Å². The van der Waals surface area contributed by atoms with Crippen LogP contribution in [0.25, 0.3) is 0 Å². The first kappa shape index (κ1) is 20.9. The van der Waals surface area contributed by atoms with Crippen molar-refractivity contribution in [2.75, 3.05) is 5.32 Å². The molecule has 0 saturated carbocycles. The third-order valence-electron chi connectivity index (χ3n) is 4.08. The van der Waals surface area contributed by atoms with E-state index in [1.807, 2.05) is 38.1 Å². The minimum absolute atomic E-state index is 0.124. The zero-order chi connectivity index (χ0) is 20.2. The van der Waals surface area contributed by atoms with Crippen molar-refractivity contribution in [1.82, 2.24) is 4.72 Å². The summed E-state index contributed by atoms with van der Waals surface area (Å²) < 4.78 is 27.0. The highest BCUT2D eigenvalue weighted by Gasteiger charge is 2.23. The Morgan fingerprint density at radius 1 is 1.11 bits per heavy atom. The summed E-state index contributed by atoms with van der Waals surface area (Å²) in [6.45, 7) is 7.35. The number of sulfonamides is 1. The minimum atomic E-state index is -3.81. The Morgan fingerprint density at radius 2 is 1.74 bits per heavy atom. The summed E-state index contributed by atoms with van der Waals surface area (Å²) >= 11 is 0. The van der Waals surface area contributed by atoms with Crippen molar-refractivity contribution in [3.05, 3.63) is 63.7 Å². The third-order valence-corrected chi connectivity index (χ3v) is 5.74. The number of nitro benzene ring substituents is 1. The predicted molar refractivity (Wildman–Crippen MR) is 106 cm³/mol. The van der Waals surface area contributed by atoms with Crippen LogP contribution in [-0.4, -0.2) is 19.4 Å². The molecule has 2 rings (SSSR count). The number of hydrogen-bond donors (Lipinski definition) is 2. The molecular weight excluding hydrogens is 366 g/mol. The van der Waals surface area contributed by atoms with Crippen molar-refractivity contribution in [1.29, 1.82) is 0 Å². The molecule has 0 unspecified atom stereocenters. The van der Waals surface area contributed by atoms with Gasteiger partial charge in [0.25, 0.3) is 5.69 Å². The summed E-state index contributed by atoms with van der Waals surface area (Å²) in [6, 6.07) is 11.4. The number of rotatable bonds is 8. The third kappa shape index (κ3) is 5.27. The fraction of sp³-hybridized carbons (Fsp3) is 0.368. The van der Waals surface area contributed by atoms with Crippen LogP contribution in [0.3, 0.4) is 0 Å². The van der Waals surface area contributed by atoms with Crippen LogP contribution >= 0.6 is 0 Å². The molecule has 0 aromatic heterocycles. The Bertz CT molecular complexity index is 909. The van der Waals surface area contributed by atoms with Gasteiger partial charge in [-0.15, -0.1) is 0 Å². The molecule has 0 spiro atoms. The van der Waals surface area contributed by atoms with Gasteiger partial charge in [-0.1, -0.05) is 36.8 Å². The molecule has 27 heavy (non-hydrogen) atoms. The van der Waals surface area contributed by atoms with Crippen molar-refractivity contribution in [2.24, 2.45) is 0 Å². The molecule has 0 bridgehead atoms. The summed E-state index contributed by atoms with van der Waals surface area (Å²) in [4.78, 5) is 10.8. The second kappa shape index (κ2) is 8.49. The van der Waals surface area contributed by atoms with E-state index in [2.05, 4.69) is 10.0 Å². The lowest BCUT2D eigenvalue weighted by Crippen LogP contribution is -2.30. The van der Waals surface area contributed by atoms with Crippen LogP contribution < -0.4 is 10.0 Å². The Hall–Kier alpha value is -2.45. The fourth-order valence-corrected chi connectivity index (χ4v) is 4.01. The highest BCUT2D eigenvalue weighted by atomic mass is 32.2. The topological polar surface area (TPSA) is 101 Å². The highest BCUT2D eigenvalue weighted by molar-refractivity contribution is 7.89. The molecule has 0 saturated heterocycles. The molecular formula is C19H25N3O4S. The molecule has 0 aliphatic rings. The molecule has 2 aromatic rings. The molecule has 0 radical (unpaired) electrons. The van der Waals surface area contributed by atoms with E-state index in [0.717, 1.165) is 23.6 Å². The van der Waals surface area contributed by atoms with Gasteiger partial charge in [0, 0.05) is 12.1 Å². The summed E-state index contributed by atoms with van der Waals surface area (Å²) in [5, 5.41) is 14.7. The quantitative estimate of drug-likeness (QED) is 0.520. The second-order valence-corrected chi connectivity index (χ2v) is 8.44. The monoisotopic (exact) mass is 391 g/mol. The lowest BCUT2D eigenvalue weighted by Gasteiger charge is -2.19. The zero-order valence-electron chi connectivity index (χ0n) is 15.9. The number of aryl methyl sites for hydroxylation is 1. The Kier molecular flexibility index (Phi) is 6.56. The van der Waals surface area contributed by atoms with Crippen LogP contribution in [0, 0.1) is 17.0 Å². The molecule has 1 atom stereocenters. The first-order valence-electron chi connectivity index (χ1n) is 8.78. The maximum atomic E-state index is 12.3. The van der Waals surface area contributed by atoms with E-state index in [1.165, 1.54) is 12.1 Å². The van der Waals surface area contributed by atoms with E-state index in [9.17, 15) is 18.5 Å². The van der Waals surface area contributed by atoms with E-state index in [1.54, 1.807) is 13.8 Å². The molecule has 0 amide bonds. The Labute approximate surface area is 160 Å². The average Bonchev–Trinajstić information content (AvgIpc) is 2.59. The summed E-state index contributed by atoms with van der Waals surface area (Å²) in [6.07, 6.45) is 0.717. The minimum Gasteiger partial charge on any atom is -0.373 e. The summed E-state index contributed by atoms with van der Waals surface area (Å²) in [5.74, 6) is 0. The zero-order valence-corrected chi connectivity index (χ0v) is 16.7. The summed E-state index contributed by atoms with van der Waals surface area (Å²) in [5.41, 5.74) is 2.16. The van der Waals surface area contributed by atoms with Crippen LogP contribution in [0.5, 0.6) is 0 Å². The van der Waals surface area contributed by atoms with Crippen LogP contribution in [0.15, 0.2) is 47.4 Å². The van der Waals surface area contributed by atoms with Crippen molar-refractivity contribution >= 4 is 21.4 Å². The van der Waals surface area contributed by atoms with E-state index in [4.69, 9.17) is 0 Å². The first-order chi connectivity index (χ1) is 12.6. The molecule has 146 valence electrons. The molecule has 2 aromatic carbocycles. The smallest absolute Gasteiger partial charge is 0.293 e. The first-order valence-corrected chi connectivity index (χ1v) is 10.3. The second-order valence-electron chi connectivity index (χ2n) is 6.73. The number of nitrogens with zero attached hydrogens (tertiary/aromatic N) is 1. The number of hydrogen-bond acceptors (Lipinski definition) is 5. The van der Waals surface area contributed by atoms with Crippen LogP contribution in [0.4, 0.5) is 11.4 Å². The van der Waals surface area contributed by atoms with Gasteiger partial charge in [-0.05, 0) is 44.9 Å². The Morgan fingerprint density at radius 3 is 2.26 bits per heavy atom. The van der Waals surface area contributed by atoms with Gasteiger partial charge in [-0.3, -0.25) is 10.1 Å². The van der Waals surface area contributed by atoms with Crippen molar-refractivity contribution in [2.45, 2.75) is 51.1 Å². The van der Waals surface area contributed by atoms with Crippen LogP contribution in [0.2, 0.25) is 0 Å². The maximum Gasteiger partial charge on any atom is 0.293 e. The summed E-state index contributed by atoms with van der Waals surface area (Å²) in [7, 11) is -3.81. The number of nitrogens with one attached hydrogen (secondary N) is 2. The number of benzene rings is 2. The maximum absolute atomic E-state index is 12.3. The molecule has 0 heterocycles. The normalized spacial score (nSPS) is 12.8. The molecule has 0 aliphatic heterocycles. The fourth-order valence-electron chi connectivity index (χ4n) is 2.74. The number of anilines is 1.